The van der Waals surface area contributed by atoms with E-state index in [-0.39, 0.29) is 0 Å². The number of aromatic nitrogens is 2. The molecule has 0 N–H and O–H groups in total. The number of pyridine rings is 2. The summed E-state index contributed by atoms with van der Waals surface area (Å²) in [5.41, 5.74) is 1.97. The van der Waals surface area contributed by atoms with Gasteiger partial charge < -0.3 is 4.74 Å². The van der Waals surface area contributed by atoms with E-state index in [1.165, 1.54) is 0 Å². The minimum absolute atomic E-state index is 0.600. The van der Waals surface area contributed by atoms with Crippen LogP contribution in [0, 0.1) is 6.92 Å². The van der Waals surface area contributed by atoms with E-state index in [1.54, 1.807) is 25.6 Å². The third-order valence-electron chi connectivity index (χ3n) is 2.32. The van der Waals surface area contributed by atoms with Gasteiger partial charge in [-0.15, -0.1) is 0 Å². The van der Waals surface area contributed by atoms with Crippen LogP contribution in [0.25, 0.3) is 16.8 Å². The number of hydrogen-bond acceptors (Lipinski definition) is 3. The molecule has 0 amide bonds. The molecule has 15 heavy (non-hydrogen) atoms. The number of fused-ring (bicyclic) bond motifs is 1. The van der Waals surface area contributed by atoms with Crippen LogP contribution in [-0.2, 0) is 0 Å². The van der Waals surface area contributed by atoms with Gasteiger partial charge in [-0.05, 0) is 18.4 Å². The number of aryl methyl sites for hydroxylation is 1. The van der Waals surface area contributed by atoms with E-state index in [4.69, 9.17) is 4.74 Å². The average Bonchev–Trinajstić information content (AvgIpc) is 2.27. The molecule has 0 aromatic carbocycles. The summed E-state index contributed by atoms with van der Waals surface area (Å²) in [6, 6.07) is 2.01. The van der Waals surface area contributed by atoms with Crippen molar-refractivity contribution >= 4 is 16.8 Å². The molecule has 0 aliphatic carbocycles. The fourth-order valence-corrected chi connectivity index (χ4v) is 1.56. The van der Waals surface area contributed by atoms with Gasteiger partial charge in [-0.25, -0.2) is 4.98 Å². The second kappa shape index (κ2) is 3.69. The van der Waals surface area contributed by atoms with E-state index < -0.39 is 0 Å². The van der Waals surface area contributed by atoms with Crippen LogP contribution >= 0.6 is 0 Å². The van der Waals surface area contributed by atoms with Crippen LogP contribution in [0.3, 0.4) is 0 Å². The fraction of sp³-hybridized carbons (Fsp3) is 0.167. The molecule has 0 saturated carbocycles. The summed E-state index contributed by atoms with van der Waals surface area (Å²) < 4.78 is 5.18. The monoisotopic (exact) mass is 200 g/mol. The van der Waals surface area contributed by atoms with Crippen LogP contribution in [0.5, 0.6) is 5.88 Å². The van der Waals surface area contributed by atoms with Crippen LogP contribution in [0.4, 0.5) is 0 Å². The van der Waals surface area contributed by atoms with Gasteiger partial charge in [-0.1, -0.05) is 12.7 Å². The summed E-state index contributed by atoms with van der Waals surface area (Å²) >= 11 is 0. The number of methoxy groups -OCH3 is 1. The van der Waals surface area contributed by atoms with E-state index >= 15 is 0 Å². The highest BCUT2D eigenvalue weighted by atomic mass is 16.5. The smallest absolute Gasteiger partial charge is 0.222 e. The summed E-state index contributed by atoms with van der Waals surface area (Å²) in [6.07, 6.45) is 5.32. The Morgan fingerprint density at radius 2 is 2.07 bits per heavy atom. The molecule has 2 rings (SSSR count). The molecule has 0 bridgehead atoms. The van der Waals surface area contributed by atoms with Crippen LogP contribution < -0.4 is 4.74 Å². The van der Waals surface area contributed by atoms with Crippen molar-refractivity contribution in [2.24, 2.45) is 0 Å². The first kappa shape index (κ1) is 9.65. The molecule has 3 heteroatoms. The summed E-state index contributed by atoms with van der Waals surface area (Å²) in [6.45, 7) is 5.72. The Kier molecular flexibility index (Phi) is 2.37. The second-order valence-electron chi connectivity index (χ2n) is 3.30. The van der Waals surface area contributed by atoms with Crippen LogP contribution in [0.1, 0.15) is 11.3 Å². The molecule has 2 aromatic heterocycles. The number of ether oxygens (including phenoxy) is 1. The van der Waals surface area contributed by atoms with Gasteiger partial charge in [0.25, 0.3) is 0 Å². The standard InChI is InChI=1S/C12H12N2O/c1-4-9-6-14-12(15-3)11-7-13-8(2)5-10(9)11/h4-7H,1H2,2-3H3. The number of hydrogen-bond donors (Lipinski definition) is 0. The third-order valence-corrected chi connectivity index (χ3v) is 2.32. The molecule has 76 valence electrons. The predicted molar refractivity (Wildman–Crippen MR) is 60.9 cm³/mol. The van der Waals surface area contributed by atoms with Crippen LogP contribution in [-0.4, -0.2) is 17.1 Å². The highest BCUT2D eigenvalue weighted by Crippen LogP contribution is 2.26. The van der Waals surface area contributed by atoms with Crippen molar-refractivity contribution in [3.63, 3.8) is 0 Å². The second-order valence-corrected chi connectivity index (χ2v) is 3.30. The molecule has 3 nitrogen and oxygen atoms in total. The van der Waals surface area contributed by atoms with Crippen molar-refractivity contribution < 1.29 is 4.74 Å². The van der Waals surface area contributed by atoms with Crippen molar-refractivity contribution in [2.45, 2.75) is 6.92 Å². The first-order valence-electron chi connectivity index (χ1n) is 4.68. The predicted octanol–water partition coefficient (Wildman–Crippen LogP) is 2.59. The van der Waals surface area contributed by atoms with Crippen molar-refractivity contribution in [1.82, 2.24) is 9.97 Å². The lowest BCUT2D eigenvalue weighted by atomic mass is 10.1. The van der Waals surface area contributed by atoms with E-state index in [2.05, 4.69) is 16.5 Å². The van der Waals surface area contributed by atoms with Gasteiger partial charge >= 0.3 is 0 Å². The summed E-state index contributed by atoms with van der Waals surface area (Å²) in [5, 5.41) is 1.99. The van der Waals surface area contributed by atoms with Crippen molar-refractivity contribution in [3.05, 3.63) is 36.3 Å². The Labute approximate surface area is 88.4 Å². The molecular formula is C12H12N2O. The Morgan fingerprint density at radius 1 is 1.27 bits per heavy atom. The minimum atomic E-state index is 0.600. The quantitative estimate of drug-likeness (QED) is 0.747. The van der Waals surface area contributed by atoms with E-state index in [0.717, 1.165) is 22.0 Å². The topological polar surface area (TPSA) is 35.0 Å². The first-order chi connectivity index (χ1) is 7.26. The number of nitrogens with zero attached hydrogens (tertiary/aromatic N) is 2. The molecule has 0 aliphatic heterocycles. The largest absolute Gasteiger partial charge is 0.481 e. The van der Waals surface area contributed by atoms with Crippen LogP contribution in [0.15, 0.2) is 25.0 Å². The molecule has 2 aromatic rings. The van der Waals surface area contributed by atoms with Gasteiger partial charge in [0.05, 0.1) is 12.5 Å². The van der Waals surface area contributed by atoms with Gasteiger partial charge in [-0.2, -0.15) is 0 Å². The van der Waals surface area contributed by atoms with Gasteiger partial charge in [0.15, 0.2) is 0 Å². The molecule has 2 heterocycles. The average molecular weight is 200 g/mol. The molecule has 0 unspecified atom stereocenters. The Bertz CT molecular complexity index is 520. The highest BCUT2D eigenvalue weighted by molar-refractivity contribution is 5.92. The van der Waals surface area contributed by atoms with E-state index in [1.807, 2.05) is 13.0 Å². The normalized spacial score (nSPS) is 10.3. The maximum absolute atomic E-state index is 5.18. The Hall–Kier alpha value is -1.90. The Balaban J connectivity index is 2.86. The molecule has 0 aliphatic rings. The summed E-state index contributed by atoms with van der Waals surface area (Å²) in [5.74, 6) is 0.600. The SMILES string of the molecule is C=Cc1cnc(OC)c2cnc(C)cc12. The third kappa shape index (κ3) is 1.56. The van der Waals surface area contributed by atoms with Crippen molar-refractivity contribution in [2.75, 3.05) is 7.11 Å². The maximum atomic E-state index is 5.18. The van der Waals surface area contributed by atoms with Crippen LogP contribution in [0.2, 0.25) is 0 Å². The molecular weight excluding hydrogens is 188 g/mol. The van der Waals surface area contributed by atoms with Crippen molar-refractivity contribution in [3.8, 4) is 5.88 Å². The highest BCUT2D eigenvalue weighted by Gasteiger charge is 2.06. The molecule has 0 saturated heterocycles. The van der Waals surface area contributed by atoms with Crippen molar-refractivity contribution in [1.29, 1.82) is 0 Å². The zero-order valence-corrected chi connectivity index (χ0v) is 8.82. The van der Waals surface area contributed by atoms with Gasteiger partial charge in [0, 0.05) is 23.7 Å². The summed E-state index contributed by atoms with van der Waals surface area (Å²) in [4.78, 5) is 8.43. The lowest BCUT2D eigenvalue weighted by Gasteiger charge is -2.06. The zero-order valence-electron chi connectivity index (χ0n) is 8.82. The zero-order chi connectivity index (χ0) is 10.8. The summed E-state index contributed by atoms with van der Waals surface area (Å²) in [7, 11) is 1.61. The van der Waals surface area contributed by atoms with Gasteiger partial charge in [0.1, 0.15) is 0 Å². The van der Waals surface area contributed by atoms with Gasteiger partial charge in [-0.3, -0.25) is 4.98 Å². The molecule has 0 atom stereocenters. The maximum Gasteiger partial charge on any atom is 0.222 e. The fourth-order valence-electron chi connectivity index (χ4n) is 1.56. The van der Waals surface area contributed by atoms with E-state index in [0.29, 0.717) is 5.88 Å². The lowest BCUT2D eigenvalue weighted by molar-refractivity contribution is 0.403. The van der Waals surface area contributed by atoms with Gasteiger partial charge in [0.2, 0.25) is 5.88 Å². The number of rotatable bonds is 2. The molecule has 0 fully saturated rings. The van der Waals surface area contributed by atoms with E-state index in [9.17, 15) is 0 Å². The molecule has 0 radical (unpaired) electrons. The minimum Gasteiger partial charge on any atom is -0.481 e. The lowest BCUT2D eigenvalue weighted by Crippen LogP contribution is -1.92. The molecule has 0 spiro atoms. The first-order valence-corrected chi connectivity index (χ1v) is 4.68. The Morgan fingerprint density at radius 3 is 2.73 bits per heavy atom.